The van der Waals surface area contributed by atoms with Crippen LogP contribution in [0.2, 0.25) is 0 Å². The lowest BCUT2D eigenvalue weighted by molar-refractivity contribution is 0.417. The number of imidazole rings is 1. The Morgan fingerprint density at radius 1 is 1.32 bits per heavy atom. The Morgan fingerprint density at radius 2 is 2.05 bits per heavy atom. The summed E-state index contributed by atoms with van der Waals surface area (Å²) >= 11 is 0. The number of rotatable bonds is 4. The molecule has 0 saturated heterocycles. The maximum absolute atomic E-state index is 12.1. The number of ether oxygens (including phenoxy) is 1. The molecule has 102 valence electrons. The second-order valence-electron chi connectivity index (χ2n) is 4.79. The minimum absolute atomic E-state index is 0.00982. The SMILES string of the molecule is COc1ccc(Cn2ccn(C(C)C)c2=O)cc1N. The lowest BCUT2D eigenvalue weighted by Gasteiger charge is -2.08. The van der Waals surface area contributed by atoms with Crippen molar-refractivity contribution in [3.8, 4) is 5.75 Å². The molecule has 0 aliphatic rings. The van der Waals surface area contributed by atoms with Crippen LogP contribution in [0.3, 0.4) is 0 Å². The molecule has 1 heterocycles. The third kappa shape index (κ3) is 2.65. The average molecular weight is 261 g/mol. The van der Waals surface area contributed by atoms with E-state index >= 15 is 0 Å². The van der Waals surface area contributed by atoms with Crippen LogP contribution in [0.4, 0.5) is 5.69 Å². The number of nitrogens with two attached hydrogens (primary N) is 1. The van der Waals surface area contributed by atoms with Gasteiger partial charge in [0.15, 0.2) is 0 Å². The second-order valence-corrected chi connectivity index (χ2v) is 4.79. The van der Waals surface area contributed by atoms with Crippen molar-refractivity contribution in [1.82, 2.24) is 9.13 Å². The van der Waals surface area contributed by atoms with Gasteiger partial charge in [-0.1, -0.05) is 6.07 Å². The molecule has 0 aliphatic heterocycles. The summed E-state index contributed by atoms with van der Waals surface area (Å²) in [6.45, 7) is 4.47. The van der Waals surface area contributed by atoms with E-state index in [1.807, 2.05) is 32.0 Å². The fourth-order valence-electron chi connectivity index (χ4n) is 2.02. The van der Waals surface area contributed by atoms with E-state index in [0.29, 0.717) is 18.0 Å². The Hall–Kier alpha value is -2.17. The van der Waals surface area contributed by atoms with Crippen molar-refractivity contribution in [2.75, 3.05) is 12.8 Å². The zero-order valence-corrected chi connectivity index (χ0v) is 11.5. The van der Waals surface area contributed by atoms with Crippen molar-refractivity contribution >= 4 is 5.69 Å². The number of aromatic nitrogens is 2. The molecule has 0 spiro atoms. The first-order chi connectivity index (χ1) is 9.02. The summed E-state index contributed by atoms with van der Waals surface area (Å²) in [5, 5.41) is 0. The molecule has 0 radical (unpaired) electrons. The highest BCUT2D eigenvalue weighted by Gasteiger charge is 2.07. The molecule has 0 saturated carbocycles. The highest BCUT2D eigenvalue weighted by Crippen LogP contribution is 2.22. The van der Waals surface area contributed by atoms with Gasteiger partial charge in [0.05, 0.1) is 19.3 Å². The van der Waals surface area contributed by atoms with E-state index in [1.54, 1.807) is 28.6 Å². The van der Waals surface area contributed by atoms with Crippen molar-refractivity contribution in [2.45, 2.75) is 26.4 Å². The van der Waals surface area contributed by atoms with Gasteiger partial charge in [0.2, 0.25) is 0 Å². The van der Waals surface area contributed by atoms with E-state index in [-0.39, 0.29) is 11.7 Å². The largest absolute Gasteiger partial charge is 0.495 e. The predicted molar refractivity (Wildman–Crippen MR) is 75.6 cm³/mol. The van der Waals surface area contributed by atoms with Crippen LogP contribution in [-0.2, 0) is 6.54 Å². The van der Waals surface area contributed by atoms with Gasteiger partial charge < -0.3 is 10.5 Å². The topological polar surface area (TPSA) is 62.2 Å². The molecule has 19 heavy (non-hydrogen) atoms. The van der Waals surface area contributed by atoms with E-state index in [4.69, 9.17) is 10.5 Å². The molecule has 1 aromatic heterocycles. The summed E-state index contributed by atoms with van der Waals surface area (Å²) in [5.41, 5.74) is 7.40. The summed E-state index contributed by atoms with van der Waals surface area (Å²) in [6, 6.07) is 5.72. The molecule has 0 unspecified atom stereocenters. The molecular weight excluding hydrogens is 242 g/mol. The summed E-state index contributed by atoms with van der Waals surface area (Å²) < 4.78 is 8.48. The summed E-state index contributed by atoms with van der Waals surface area (Å²) in [5.74, 6) is 0.649. The number of hydrogen-bond donors (Lipinski definition) is 1. The van der Waals surface area contributed by atoms with Crippen LogP contribution in [0, 0.1) is 0 Å². The smallest absolute Gasteiger partial charge is 0.328 e. The molecule has 0 amide bonds. The van der Waals surface area contributed by atoms with Gasteiger partial charge in [-0.2, -0.15) is 0 Å². The molecule has 0 bridgehead atoms. The Labute approximate surface area is 112 Å². The molecule has 0 atom stereocenters. The van der Waals surface area contributed by atoms with E-state index in [9.17, 15) is 4.79 Å². The first-order valence-electron chi connectivity index (χ1n) is 6.22. The van der Waals surface area contributed by atoms with Gasteiger partial charge in [0, 0.05) is 18.4 Å². The number of anilines is 1. The first-order valence-corrected chi connectivity index (χ1v) is 6.22. The lowest BCUT2D eigenvalue weighted by atomic mass is 10.2. The van der Waals surface area contributed by atoms with Gasteiger partial charge >= 0.3 is 5.69 Å². The minimum atomic E-state index is -0.00982. The molecule has 5 nitrogen and oxygen atoms in total. The van der Waals surface area contributed by atoms with Gasteiger partial charge in [-0.3, -0.25) is 9.13 Å². The fraction of sp³-hybridized carbons (Fsp3) is 0.357. The molecule has 0 aliphatic carbocycles. The Balaban J connectivity index is 2.27. The molecule has 0 fully saturated rings. The highest BCUT2D eigenvalue weighted by atomic mass is 16.5. The maximum Gasteiger partial charge on any atom is 0.328 e. The quantitative estimate of drug-likeness (QED) is 0.855. The van der Waals surface area contributed by atoms with E-state index < -0.39 is 0 Å². The molecule has 2 rings (SSSR count). The van der Waals surface area contributed by atoms with Gasteiger partial charge in [0.25, 0.3) is 0 Å². The van der Waals surface area contributed by atoms with E-state index in [0.717, 1.165) is 5.56 Å². The number of hydrogen-bond acceptors (Lipinski definition) is 3. The van der Waals surface area contributed by atoms with Gasteiger partial charge in [-0.15, -0.1) is 0 Å². The zero-order chi connectivity index (χ0) is 14.0. The standard InChI is InChI=1S/C14H19N3O2/c1-10(2)17-7-6-16(14(17)18)9-11-4-5-13(19-3)12(15)8-11/h4-8,10H,9,15H2,1-3H3. The number of methoxy groups -OCH3 is 1. The van der Waals surface area contributed by atoms with Gasteiger partial charge in [-0.05, 0) is 31.5 Å². The van der Waals surface area contributed by atoms with Crippen LogP contribution in [0.1, 0.15) is 25.5 Å². The number of nitrogens with zero attached hydrogens (tertiary/aromatic N) is 2. The predicted octanol–water partition coefficient (Wildman–Crippen LogP) is 1.87. The lowest BCUT2D eigenvalue weighted by Crippen LogP contribution is -2.25. The van der Waals surface area contributed by atoms with Crippen LogP contribution >= 0.6 is 0 Å². The van der Waals surface area contributed by atoms with Crippen LogP contribution in [0.25, 0.3) is 0 Å². The Bertz CT molecular complexity index is 626. The highest BCUT2D eigenvalue weighted by molar-refractivity contribution is 5.54. The number of nitrogen functional groups attached to an aromatic ring is 1. The zero-order valence-electron chi connectivity index (χ0n) is 11.5. The van der Waals surface area contributed by atoms with Crippen LogP contribution < -0.4 is 16.2 Å². The monoisotopic (exact) mass is 261 g/mol. The summed E-state index contributed by atoms with van der Waals surface area (Å²) in [4.78, 5) is 12.1. The van der Waals surface area contributed by atoms with Crippen LogP contribution in [-0.4, -0.2) is 16.2 Å². The van der Waals surface area contributed by atoms with Gasteiger partial charge in [0.1, 0.15) is 5.75 Å². The van der Waals surface area contributed by atoms with Crippen LogP contribution in [0.15, 0.2) is 35.4 Å². The molecule has 5 heteroatoms. The molecule has 1 aromatic carbocycles. The summed E-state index contributed by atoms with van der Waals surface area (Å²) in [7, 11) is 1.58. The van der Waals surface area contributed by atoms with Crippen molar-refractivity contribution in [2.24, 2.45) is 0 Å². The molecule has 2 aromatic rings. The second kappa shape index (κ2) is 5.22. The fourth-order valence-corrected chi connectivity index (χ4v) is 2.02. The van der Waals surface area contributed by atoms with Crippen molar-refractivity contribution in [3.05, 3.63) is 46.6 Å². The third-order valence-corrected chi connectivity index (χ3v) is 3.08. The Morgan fingerprint density at radius 3 is 2.58 bits per heavy atom. The van der Waals surface area contributed by atoms with E-state index in [2.05, 4.69) is 0 Å². The van der Waals surface area contributed by atoms with Crippen LogP contribution in [0.5, 0.6) is 5.75 Å². The maximum atomic E-state index is 12.1. The van der Waals surface area contributed by atoms with Crippen molar-refractivity contribution in [3.63, 3.8) is 0 Å². The van der Waals surface area contributed by atoms with Crippen molar-refractivity contribution in [1.29, 1.82) is 0 Å². The molecule has 2 N–H and O–H groups in total. The van der Waals surface area contributed by atoms with E-state index in [1.165, 1.54) is 0 Å². The Kier molecular flexibility index (Phi) is 3.64. The summed E-state index contributed by atoms with van der Waals surface area (Å²) in [6.07, 6.45) is 3.60. The first kappa shape index (κ1) is 13.3. The van der Waals surface area contributed by atoms with Crippen molar-refractivity contribution < 1.29 is 4.74 Å². The minimum Gasteiger partial charge on any atom is -0.495 e. The molecular formula is C14H19N3O2. The average Bonchev–Trinajstić information content (AvgIpc) is 2.71. The van der Waals surface area contributed by atoms with Gasteiger partial charge in [-0.25, -0.2) is 4.79 Å². The third-order valence-electron chi connectivity index (χ3n) is 3.08. The number of benzene rings is 1. The normalized spacial score (nSPS) is 10.9.